The molecule has 4 rings (SSSR count). The Morgan fingerprint density at radius 3 is 1.66 bits per heavy atom. The highest BCUT2D eigenvalue weighted by Crippen LogP contribution is 2.38. The third-order valence-corrected chi connectivity index (χ3v) is 14.1. The molecule has 2 unspecified atom stereocenters. The van der Waals surface area contributed by atoms with Crippen molar-refractivity contribution < 1.29 is 38.1 Å². The minimum Gasteiger partial charge on any atom is -0.460 e. The molecule has 3 N–H and O–H groups in total. The number of carbonyl (C=O) groups is 2. The molecule has 2 aliphatic rings. The minimum absolute atomic E-state index is 0.0356. The molecule has 0 spiro atoms. The molecular formula is C28H40I2N4O12Si. The van der Waals surface area contributed by atoms with E-state index in [1.165, 1.54) is 35.4 Å². The molecule has 0 aromatic carbocycles. The van der Waals surface area contributed by atoms with Gasteiger partial charge in [-0.25, -0.2) is 9.59 Å². The van der Waals surface area contributed by atoms with Crippen molar-refractivity contribution in [3.8, 4) is 0 Å². The highest BCUT2D eigenvalue weighted by Gasteiger charge is 2.43. The van der Waals surface area contributed by atoms with Crippen LogP contribution in [-0.2, 0) is 33.0 Å². The molecule has 0 radical (unpaired) electrons. The number of carbonyl (C=O) groups excluding carboxylic acids is 2. The van der Waals surface area contributed by atoms with Crippen molar-refractivity contribution in [3.63, 3.8) is 0 Å². The third-order valence-electron chi connectivity index (χ3n) is 8.06. The summed E-state index contributed by atoms with van der Waals surface area (Å²) in [6.07, 6.45) is -0.294. The van der Waals surface area contributed by atoms with E-state index in [0.717, 1.165) is 0 Å². The Balaban J connectivity index is 0.000000267. The fraction of sp³-hybridized carbons (Fsp3) is 0.643. The summed E-state index contributed by atoms with van der Waals surface area (Å²) in [5, 5.41) is 9.25. The van der Waals surface area contributed by atoms with Crippen LogP contribution in [0.5, 0.6) is 0 Å². The van der Waals surface area contributed by atoms with E-state index in [9.17, 15) is 33.9 Å². The van der Waals surface area contributed by atoms with Crippen LogP contribution < -0.4 is 22.5 Å². The molecular weight excluding hydrogens is 866 g/mol. The van der Waals surface area contributed by atoms with Gasteiger partial charge in [0, 0.05) is 39.1 Å². The highest BCUT2D eigenvalue weighted by molar-refractivity contribution is 14.1. The lowest BCUT2D eigenvalue weighted by molar-refractivity contribution is -0.151. The number of halogens is 2. The molecule has 4 heterocycles. The lowest BCUT2D eigenvalue weighted by Gasteiger charge is -2.37. The van der Waals surface area contributed by atoms with E-state index in [1.807, 2.05) is 22.6 Å². The summed E-state index contributed by atoms with van der Waals surface area (Å²) in [5.41, 5.74) is -2.08. The molecule has 2 aromatic heterocycles. The molecule has 0 amide bonds. The first-order chi connectivity index (χ1) is 21.7. The van der Waals surface area contributed by atoms with E-state index < -0.39 is 79.6 Å². The van der Waals surface area contributed by atoms with Crippen molar-refractivity contribution in [1.29, 1.82) is 0 Å². The van der Waals surface area contributed by atoms with Gasteiger partial charge in [0.2, 0.25) is 0 Å². The zero-order valence-corrected chi connectivity index (χ0v) is 32.4. The molecule has 2 saturated heterocycles. The van der Waals surface area contributed by atoms with Crippen molar-refractivity contribution in [2.75, 3.05) is 13.2 Å². The molecule has 0 saturated carbocycles. The lowest BCUT2D eigenvalue weighted by Crippen LogP contribution is -2.44. The van der Waals surface area contributed by atoms with E-state index in [0.29, 0.717) is 13.6 Å². The summed E-state index contributed by atoms with van der Waals surface area (Å²) in [6, 6.07) is 0. The SMILES string of the molecule is CC(=O)OC1C[C@H](n2cc(I)c(=O)[nH]c2=O)O[C@@H]1CO.CC(=O)OC1C[C@H](n2cc(I)c(=O)[nH]c2=O)O[C@@H]1CO[Si](C)(C)C(C)(C)C. The van der Waals surface area contributed by atoms with Crippen LogP contribution >= 0.6 is 45.2 Å². The van der Waals surface area contributed by atoms with Gasteiger partial charge in [-0.05, 0) is 63.3 Å². The standard InChI is InChI=1S/C17H27IN2O6Si.C11H13IN2O6/c1-10(21)25-12-7-14(20-8-11(18)15(22)19-16(20)23)26-13(12)9-24-27(5,6)17(2,3)4;1-5(16)19-7-2-9(20-8(7)4-15)14-3-6(12)10(17)13-11(14)18/h8,12-14H,7,9H2,1-6H3,(H,19,22,23);3,7-9,15H,2,4H2,1H3,(H,13,17,18)/t12?,13-,14-;7?,8-,9-/m11/s1. The van der Waals surface area contributed by atoms with Gasteiger partial charge < -0.3 is 28.5 Å². The fourth-order valence-corrected chi connectivity index (χ4v) is 6.47. The number of aliphatic hydroxyl groups is 1. The Labute approximate surface area is 297 Å². The van der Waals surface area contributed by atoms with Crippen molar-refractivity contribution in [1.82, 2.24) is 19.1 Å². The topological polar surface area (TPSA) is 210 Å². The molecule has 19 heteroatoms. The number of nitrogens with zero attached hydrogens (tertiary/aromatic N) is 2. The highest BCUT2D eigenvalue weighted by atomic mass is 127. The van der Waals surface area contributed by atoms with Gasteiger partial charge in [-0.15, -0.1) is 0 Å². The van der Waals surface area contributed by atoms with E-state index in [4.69, 9.17) is 23.4 Å². The number of aliphatic hydroxyl groups excluding tert-OH is 1. The molecule has 2 aromatic rings. The van der Waals surface area contributed by atoms with Gasteiger partial charge in [0.05, 0.1) is 20.4 Å². The first kappa shape index (κ1) is 39.3. The predicted octanol–water partition coefficient (Wildman–Crippen LogP) is 1.73. The van der Waals surface area contributed by atoms with Crippen LogP contribution in [0.3, 0.4) is 0 Å². The first-order valence-corrected chi connectivity index (χ1v) is 19.7. The number of aromatic nitrogens is 4. The number of rotatable bonds is 8. The average molecular weight is 907 g/mol. The van der Waals surface area contributed by atoms with E-state index in [-0.39, 0.29) is 24.7 Å². The van der Waals surface area contributed by atoms with Crippen LogP contribution in [0.1, 0.15) is 59.9 Å². The maximum atomic E-state index is 12.2. The Hall–Kier alpha value is -2.18. The number of hydrogen-bond acceptors (Lipinski definition) is 12. The third kappa shape index (κ3) is 10.2. The fourth-order valence-electron chi connectivity index (χ4n) is 4.59. The van der Waals surface area contributed by atoms with Gasteiger partial charge in [-0.1, -0.05) is 20.8 Å². The van der Waals surface area contributed by atoms with E-state index in [2.05, 4.69) is 43.8 Å². The number of ether oxygens (including phenoxy) is 4. The Bertz CT molecular complexity index is 1680. The van der Waals surface area contributed by atoms with E-state index in [1.54, 1.807) is 22.6 Å². The van der Waals surface area contributed by atoms with Gasteiger partial charge in [0.25, 0.3) is 11.1 Å². The number of aromatic amines is 2. The van der Waals surface area contributed by atoms with Crippen LogP contribution in [0.4, 0.5) is 0 Å². The lowest BCUT2D eigenvalue weighted by atomic mass is 10.2. The normalized spacial score (nSPS) is 24.4. The van der Waals surface area contributed by atoms with Crippen LogP contribution in [0.15, 0.2) is 31.6 Å². The monoisotopic (exact) mass is 906 g/mol. The Morgan fingerprint density at radius 2 is 1.28 bits per heavy atom. The largest absolute Gasteiger partial charge is 0.460 e. The summed E-state index contributed by atoms with van der Waals surface area (Å²) in [5.74, 6) is -0.897. The molecule has 6 atom stereocenters. The summed E-state index contributed by atoms with van der Waals surface area (Å²) >= 11 is 3.65. The second-order valence-corrected chi connectivity index (χ2v) is 19.7. The van der Waals surface area contributed by atoms with Crippen molar-refractivity contribution in [3.05, 3.63) is 61.2 Å². The average Bonchev–Trinajstić information content (AvgIpc) is 3.54. The van der Waals surface area contributed by atoms with Crippen molar-refractivity contribution in [2.45, 2.75) is 102 Å². The quantitative estimate of drug-likeness (QED) is 0.197. The maximum absolute atomic E-state index is 12.2. The van der Waals surface area contributed by atoms with Crippen LogP contribution in [-0.4, -0.2) is 82.1 Å². The zero-order valence-electron chi connectivity index (χ0n) is 27.0. The number of nitrogens with one attached hydrogen (secondary N) is 2. The molecule has 2 aliphatic heterocycles. The Kier molecular flexibility index (Phi) is 13.4. The van der Waals surface area contributed by atoms with Gasteiger partial charge in [0.1, 0.15) is 36.9 Å². The van der Waals surface area contributed by atoms with Gasteiger partial charge in [0.15, 0.2) is 8.32 Å². The number of hydrogen-bond donors (Lipinski definition) is 3. The van der Waals surface area contributed by atoms with Crippen molar-refractivity contribution in [2.24, 2.45) is 0 Å². The molecule has 2 fully saturated rings. The summed E-state index contributed by atoms with van der Waals surface area (Å²) in [6.45, 7) is 13.2. The molecule has 262 valence electrons. The predicted molar refractivity (Wildman–Crippen MR) is 186 cm³/mol. The zero-order chi connectivity index (χ0) is 35.4. The summed E-state index contributed by atoms with van der Waals surface area (Å²) in [4.78, 5) is 73.7. The van der Waals surface area contributed by atoms with E-state index >= 15 is 0 Å². The molecule has 16 nitrogen and oxygen atoms in total. The van der Waals surface area contributed by atoms with Gasteiger partial charge in [-0.2, -0.15) is 0 Å². The first-order valence-electron chi connectivity index (χ1n) is 14.7. The molecule has 0 aliphatic carbocycles. The number of esters is 2. The van der Waals surface area contributed by atoms with Crippen LogP contribution in [0.25, 0.3) is 0 Å². The van der Waals surface area contributed by atoms with Gasteiger partial charge >= 0.3 is 23.3 Å². The Morgan fingerprint density at radius 1 is 0.872 bits per heavy atom. The second-order valence-electron chi connectivity index (χ2n) is 12.6. The molecule has 47 heavy (non-hydrogen) atoms. The van der Waals surface area contributed by atoms with Crippen molar-refractivity contribution >= 4 is 65.4 Å². The number of H-pyrrole nitrogens is 2. The van der Waals surface area contributed by atoms with Crippen LogP contribution in [0, 0.1) is 7.14 Å². The minimum atomic E-state index is -2.01. The molecule has 0 bridgehead atoms. The summed E-state index contributed by atoms with van der Waals surface area (Å²) in [7, 11) is -2.01. The van der Waals surface area contributed by atoms with Crippen LogP contribution in [0.2, 0.25) is 18.1 Å². The smallest absolute Gasteiger partial charge is 0.330 e. The maximum Gasteiger partial charge on any atom is 0.330 e. The van der Waals surface area contributed by atoms with Gasteiger partial charge in [-0.3, -0.25) is 38.3 Å². The second kappa shape index (κ2) is 16.0. The summed E-state index contributed by atoms with van der Waals surface area (Å²) < 4.78 is 31.4.